The lowest BCUT2D eigenvalue weighted by Crippen LogP contribution is -2.10. The number of rotatable bonds is 5. The molecular formula is C23H26F2O. The Morgan fingerprint density at radius 1 is 0.962 bits per heavy atom. The van der Waals surface area contributed by atoms with Crippen molar-refractivity contribution in [3.05, 3.63) is 65.9 Å². The van der Waals surface area contributed by atoms with Crippen LogP contribution in [0.1, 0.15) is 57.4 Å². The fraction of sp³-hybridized carbons (Fsp3) is 0.391. The first-order valence-corrected chi connectivity index (χ1v) is 9.50. The van der Waals surface area contributed by atoms with E-state index < -0.39 is 11.6 Å². The first kappa shape index (κ1) is 18.6. The lowest BCUT2D eigenvalue weighted by Gasteiger charge is -2.26. The van der Waals surface area contributed by atoms with E-state index in [4.69, 9.17) is 4.74 Å². The summed E-state index contributed by atoms with van der Waals surface area (Å²) >= 11 is 0. The van der Waals surface area contributed by atoms with Gasteiger partial charge in [0.15, 0.2) is 11.6 Å². The molecule has 0 bridgehead atoms. The van der Waals surface area contributed by atoms with Gasteiger partial charge >= 0.3 is 0 Å². The summed E-state index contributed by atoms with van der Waals surface area (Å²) in [6.07, 6.45) is 8.85. The average Bonchev–Trinajstić information content (AvgIpc) is 2.66. The molecule has 0 atom stereocenters. The summed E-state index contributed by atoms with van der Waals surface area (Å²) in [5.41, 5.74) is 2.24. The molecule has 1 fully saturated rings. The number of hydrogen-bond acceptors (Lipinski definition) is 1. The number of hydrogen-bond donors (Lipinski definition) is 0. The van der Waals surface area contributed by atoms with Gasteiger partial charge in [0.1, 0.15) is 0 Å². The standard InChI is InChI=1S/C23H26F2O/c1-3-4-15-26-21-14-13-20(22(24)23(21)25)19-11-9-18(10-12-19)17-7-5-16(2)6-8-17/h4,9-17H,3,5-8H2,1-2H3/b15-4-. The molecule has 138 valence electrons. The molecule has 1 nitrogen and oxygen atoms in total. The van der Waals surface area contributed by atoms with E-state index in [1.807, 2.05) is 19.1 Å². The highest BCUT2D eigenvalue weighted by Gasteiger charge is 2.20. The van der Waals surface area contributed by atoms with Gasteiger partial charge in [-0.2, -0.15) is 4.39 Å². The Bertz CT molecular complexity index is 757. The lowest BCUT2D eigenvalue weighted by atomic mass is 9.79. The first-order chi connectivity index (χ1) is 12.6. The molecule has 0 saturated heterocycles. The van der Waals surface area contributed by atoms with Crippen molar-refractivity contribution in [3.8, 4) is 16.9 Å². The van der Waals surface area contributed by atoms with Gasteiger partial charge in [0.05, 0.1) is 6.26 Å². The van der Waals surface area contributed by atoms with Crippen LogP contribution in [0.4, 0.5) is 8.78 Å². The van der Waals surface area contributed by atoms with E-state index >= 15 is 0 Å². The maximum Gasteiger partial charge on any atom is 0.201 e. The summed E-state index contributed by atoms with van der Waals surface area (Å²) < 4.78 is 33.9. The van der Waals surface area contributed by atoms with Gasteiger partial charge in [-0.15, -0.1) is 0 Å². The smallest absolute Gasteiger partial charge is 0.201 e. The van der Waals surface area contributed by atoms with E-state index in [9.17, 15) is 8.78 Å². The molecule has 1 saturated carbocycles. The highest BCUT2D eigenvalue weighted by molar-refractivity contribution is 5.65. The fourth-order valence-electron chi connectivity index (χ4n) is 3.59. The van der Waals surface area contributed by atoms with E-state index in [1.54, 1.807) is 12.1 Å². The predicted molar refractivity (Wildman–Crippen MR) is 102 cm³/mol. The van der Waals surface area contributed by atoms with Gasteiger partial charge in [0, 0.05) is 5.56 Å². The fourth-order valence-corrected chi connectivity index (χ4v) is 3.59. The van der Waals surface area contributed by atoms with Gasteiger partial charge < -0.3 is 4.74 Å². The van der Waals surface area contributed by atoms with Crippen molar-refractivity contribution >= 4 is 0 Å². The van der Waals surface area contributed by atoms with Crippen LogP contribution in [-0.4, -0.2) is 0 Å². The molecule has 0 unspecified atom stereocenters. The minimum atomic E-state index is -0.950. The zero-order valence-electron chi connectivity index (χ0n) is 15.5. The van der Waals surface area contributed by atoms with Crippen molar-refractivity contribution in [2.75, 3.05) is 0 Å². The van der Waals surface area contributed by atoms with Crippen molar-refractivity contribution in [2.24, 2.45) is 5.92 Å². The maximum atomic E-state index is 14.5. The number of halogens is 2. The van der Waals surface area contributed by atoms with Crippen LogP contribution in [0.3, 0.4) is 0 Å². The Labute approximate surface area is 154 Å². The third-order valence-electron chi connectivity index (χ3n) is 5.28. The molecule has 0 amide bonds. The SMILES string of the molecule is CC/C=C\Oc1ccc(-c2ccc(C3CCC(C)CC3)cc2)c(F)c1F. The molecule has 26 heavy (non-hydrogen) atoms. The van der Waals surface area contributed by atoms with Gasteiger partial charge in [0.2, 0.25) is 5.82 Å². The molecule has 0 aromatic heterocycles. The van der Waals surface area contributed by atoms with Crippen molar-refractivity contribution in [1.29, 1.82) is 0 Å². The molecule has 1 aliphatic rings. The van der Waals surface area contributed by atoms with Crippen LogP contribution in [0.5, 0.6) is 5.75 Å². The van der Waals surface area contributed by atoms with Crippen LogP contribution in [0.2, 0.25) is 0 Å². The molecule has 1 aliphatic carbocycles. The molecule has 2 aromatic rings. The first-order valence-electron chi connectivity index (χ1n) is 9.50. The Hall–Kier alpha value is -2.16. The second kappa shape index (κ2) is 8.48. The van der Waals surface area contributed by atoms with Crippen molar-refractivity contribution in [2.45, 2.75) is 51.9 Å². The molecule has 3 heteroatoms. The summed E-state index contributed by atoms with van der Waals surface area (Å²) in [5.74, 6) is -0.511. The molecule has 0 heterocycles. The summed E-state index contributed by atoms with van der Waals surface area (Å²) in [7, 11) is 0. The van der Waals surface area contributed by atoms with Crippen LogP contribution in [-0.2, 0) is 0 Å². The third-order valence-corrected chi connectivity index (χ3v) is 5.28. The van der Waals surface area contributed by atoms with Gasteiger partial charge in [-0.3, -0.25) is 0 Å². The lowest BCUT2D eigenvalue weighted by molar-refractivity contribution is 0.348. The van der Waals surface area contributed by atoms with Crippen molar-refractivity contribution in [1.82, 2.24) is 0 Å². The topological polar surface area (TPSA) is 9.23 Å². The van der Waals surface area contributed by atoms with Gasteiger partial charge in [-0.1, -0.05) is 51.0 Å². The van der Waals surface area contributed by atoms with E-state index in [1.165, 1.54) is 43.6 Å². The average molecular weight is 356 g/mol. The van der Waals surface area contributed by atoms with Crippen LogP contribution in [0.15, 0.2) is 48.7 Å². The molecule has 0 N–H and O–H groups in total. The third kappa shape index (κ3) is 4.14. The summed E-state index contributed by atoms with van der Waals surface area (Å²) in [5, 5.41) is 0. The van der Waals surface area contributed by atoms with Crippen LogP contribution < -0.4 is 4.74 Å². The quantitative estimate of drug-likeness (QED) is 0.514. The van der Waals surface area contributed by atoms with Gasteiger partial charge in [0.25, 0.3) is 0 Å². The molecule has 3 rings (SSSR count). The minimum absolute atomic E-state index is 0.0936. The highest BCUT2D eigenvalue weighted by atomic mass is 19.2. The maximum absolute atomic E-state index is 14.5. The summed E-state index contributed by atoms with van der Waals surface area (Å²) in [4.78, 5) is 0. The van der Waals surface area contributed by atoms with E-state index in [2.05, 4.69) is 19.1 Å². The van der Waals surface area contributed by atoms with Gasteiger partial charge in [-0.05, 0) is 60.4 Å². The van der Waals surface area contributed by atoms with Gasteiger partial charge in [-0.25, -0.2) is 4.39 Å². The zero-order chi connectivity index (χ0) is 18.5. The molecule has 2 aromatic carbocycles. The minimum Gasteiger partial charge on any atom is -0.462 e. The second-order valence-corrected chi connectivity index (χ2v) is 7.22. The van der Waals surface area contributed by atoms with Crippen LogP contribution in [0.25, 0.3) is 11.1 Å². The van der Waals surface area contributed by atoms with E-state index in [0.29, 0.717) is 11.5 Å². The van der Waals surface area contributed by atoms with Crippen LogP contribution in [0, 0.1) is 17.6 Å². The number of ether oxygens (including phenoxy) is 1. The zero-order valence-corrected chi connectivity index (χ0v) is 15.5. The molecule has 0 spiro atoms. The molecule has 0 radical (unpaired) electrons. The summed E-state index contributed by atoms with van der Waals surface area (Å²) in [6.45, 7) is 4.25. The number of benzene rings is 2. The monoisotopic (exact) mass is 356 g/mol. The van der Waals surface area contributed by atoms with Crippen molar-refractivity contribution < 1.29 is 13.5 Å². The summed E-state index contributed by atoms with van der Waals surface area (Å²) in [6, 6.07) is 10.9. The Balaban J connectivity index is 1.78. The largest absolute Gasteiger partial charge is 0.462 e. The molecule has 0 aliphatic heterocycles. The Kier molecular flexibility index (Phi) is 6.08. The normalized spacial score (nSPS) is 20.5. The Morgan fingerprint density at radius 2 is 1.65 bits per heavy atom. The van der Waals surface area contributed by atoms with E-state index in [-0.39, 0.29) is 11.3 Å². The number of allylic oxidation sites excluding steroid dienone is 1. The van der Waals surface area contributed by atoms with Crippen molar-refractivity contribution in [3.63, 3.8) is 0 Å². The Morgan fingerprint density at radius 3 is 2.31 bits per heavy atom. The van der Waals surface area contributed by atoms with Crippen LogP contribution >= 0.6 is 0 Å². The second-order valence-electron chi connectivity index (χ2n) is 7.22. The highest BCUT2D eigenvalue weighted by Crippen LogP contribution is 2.37. The molecular weight excluding hydrogens is 330 g/mol. The van der Waals surface area contributed by atoms with E-state index in [0.717, 1.165) is 12.3 Å². The predicted octanol–water partition coefficient (Wildman–Crippen LogP) is 7.23.